The van der Waals surface area contributed by atoms with Crippen molar-refractivity contribution in [2.24, 2.45) is 5.41 Å². The molecular weight excluding hydrogens is 194 g/mol. The largest absolute Gasteiger partial charge is 0.300 e. The van der Waals surface area contributed by atoms with Crippen LogP contribution in [-0.2, 0) is 14.4 Å². The Morgan fingerprint density at radius 2 is 2.00 bits per heavy atom. The second kappa shape index (κ2) is 4.13. The molecule has 0 unspecified atom stereocenters. The number of hydrogen-bond donors (Lipinski definition) is 0. The highest BCUT2D eigenvalue weighted by atomic mass is 16.2. The maximum Gasteiger partial charge on any atom is 0.235 e. The van der Waals surface area contributed by atoms with Gasteiger partial charge in [0, 0.05) is 19.4 Å². The van der Waals surface area contributed by atoms with Gasteiger partial charge in [-0.1, -0.05) is 13.8 Å². The van der Waals surface area contributed by atoms with Crippen molar-refractivity contribution in [3.8, 4) is 0 Å². The Bertz CT molecular complexity index is 307. The maximum atomic E-state index is 11.7. The number of Topliss-reactive ketones (excluding diaryl/α,β-unsaturated/α-hetero) is 1. The molecule has 0 aromatic rings. The molecule has 1 rings (SSSR count). The van der Waals surface area contributed by atoms with Gasteiger partial charge in [-0.25, -0.2) is 0 Å². The van der Waals surface area contributed by atoms with Crippen molar-refractivity contribution in [2.75, 3.05) is 6.54 Å². The van der Waals surface area contributed by atoms with Crippen LogP contribution in [0.2, 0.25) is 0 Å². The first-order valence-corrected chi connectivity index (χ1v) is 5.19. The molecule has 2 amide bonds. The van der Waals surface area contributed by atoms with E-state index >= 15 is 0 Å². The number of hydrogen-bond acceptors (Lipinski definition) is 3. The molecule has 0 aromatic carbocycles. The highest BCUT2D eigenvalue weighted by molar-refractivity contribution is 6.05. The molecule has 0 spiro atoms. The maximum absolute atomic E-state index is 11.7. The molecule has 4 heteroatoms. The number of amides is 2. The van der Waals surface area contributed by atoms with E-state index in [0.717, 1.165) is 0 Å². The third kappa shape index (κ3) is 2.64. The van der Waals surface area contributed by atoms with Crippen molar-refractivity contribution in [3.05, 3.63) is 0 Å². The third-order valence-electron chi connectivity index (χ3n) is 2.63. The first kappa shape index (κ1) is 11.9. The Morgan fingerprint density at radius 1 is 1.40 bits per heavy atom. The van der Waals surface area contributed by atoms with Crippen molar-refractivity contribution in [2.45, 2.75) is 40.0 Å². The van der Waals surface area contributed by atoms with Crippen LogP contribution >= 0.6 is 0 Å². The molecule has 0 aliphatic carbocycles. The molecule has 84 valence electrons. The molecule has 4 nitrogen and oxygen atoms in total. The van der Waals surface area contributed by atoms with Gasteiger partial charge in [0.2, 0.25) is 11.8 Å². The lowest BCUT2D eigenvalue weighted by atomic mass is 9.92. The van der Waals surface area contributed by atoms with Gasteiger partial charge in [-0.15, -0.1) is 0 Å². The molecule has 0 N–H and O–H groups in total. The topological polar surface area (TPSA) is 54.5 Å². The van der Waals surface area contributed by atoms with E-state index in [4.69, 9.17) is 0 Å². The van der Waals surface area contributed by atoms with Crippen LogP contribution in [0.1, 0.15) is 40.0 Å². The van der Waals surface area contributed by atoms with E-state index in [2.05, 4.69) is 0 Å². The summed E-state index contributed by atoms with van der Waals surface area (Å²) in [5.41, 5.74) is -0.562. The van der Waals surface area contributed by atoms with Crippen LogP contribution in [0.15, 0.2) is 0 Å². The first-order valence-electron chi connectivity index (χ1n) is 5.19. The minimum atomic E-state index is -0.562. The van der Waals surface area contributed by atoms with Crippen molar-refractivity contribution in [3.63, 3.8) is 0 Å². The third-order valence-corrected chi connectivity index (χ3v) is 2.63. The quantitative estimate of drug-likeness (QED) is 0.655. The Morgan fingerprint density at radius 3 is 2.40 bits per heavy atom. The van der Waals surface area contributed by atoms with E-state index in [0.29, 0.717) is 19.4 Å². The Hall–Kier alpha value is -1.19. The van der Waals surface area contributed by atoms with Crippen LogP contribution in [0, 0.1) is 5.41 Å². The van der Waals surface area contributed by atoms with Crippen molar-refractivity contribution in [1.29, 1.82) is 0 Å². The molecule has 0 atom stereocenters. The molecule has 0 bridgehead atoms. The van der Waals surface area contributed by atoms with E-state index in [-0.39, 0.29) is 24.0 Å². The lowest BCUT2D eigenvalue weighted by molar-refractivity contribution is -0.141. The van der Waals surface area contributed by atoms with Crippen LogP contribution in [0.4, 0.5) is 0 Å². The van der Waals surface area contributed by atoms with Gasteiger partial charge in [0.1, 0.15) is 5.78 Å². The normalized spacial score (nSPS) is 19.8. The lowest BCUT2D eigenvalue weighted by Crippen LogP contribution is -2.34. The first-order chi connectivity index (χ1) is 6.84. The van der Waals surface area contributed by atoms with E-state index in [1.807, 2.05) is 0 Å². The summed E-state index contributed by atoms with van der Waals surface area (Å²) in [4.78, 5) is 35.2. The summed E-state index contributed by atoms with van der Waals surface area (Å²) in [7, 11) is 0. The van der Waals surface area contributed by atoms with Crippen molar-refractivity contribution >= 4 is 17.6 Å². The van der Waals surface area contributed by atoms with Crippen molar-refractivity contribution in [1.82, 2.24) is 4.90 Å². The van der Waals surface area contributed by atoms with E-state index < -0.39 is 5.41 Å². The van der Waals surface area contributed by atoms with Gasteiger partial charge in [-0.05, 0) is 13.3 Å². The summed E-state index contributed by atoms with van der Waals surface area (Å²) < 4.78 is 0. The Labute approximate surface area is 89.6 Å². The second-order valence-electron chi connectivity index (χ2n) is 4.72. The zero-order valence-corrected chi connectivity index (χ0v) is 9.50. The molecule has 1 aliphatic rings. The molecule has 1 fully saturated rings. The molecule has 0 radical (unpaired) electrons. The number of likely N-dealkylation sites (tertiary alicyclic amines) is 1. The molecule has 1 saturated heterocycles. The number of rotatable bonds is 4. The predicted octanol–water partition coefficient (Wildman–Crippen LogP) is 1.14. The monoisotopic (exact) mass is 211 g/mol. The number of carbonyl (C=O) groups is 3. The van der Waals surface area contributed by atoms with Crippen molar-refractivity contribution < 1.29 is 14.4 Å². The summed E-state index contributed by atoms with van der Waals surface area (Å²) >= 11 is 0. The zero-order valence-electron chi connectivity index (χ0n) is 9.50. The van der Waals surface area contributed by atoms with Crippen LogP contribution < -0.4 is 0 Å². The van der Waals surface area contributed by atoms with Crippen LogP contribution in [-0.4, -0.2) is 29.0 Å². The molecule has 1 heterocycles. The van der Waals surface area contributed by atoms with Gasteiger partial charge in [0.05, 0.1) is 5.41 Å². The average Bonchev–Trinajstić information content (AvgIpc) is 2.26. The number of ketones is 1. The van der Waals surface area contributed by atoms with Gasteiger partial charge in [-0.3, -0.25) is 14.5 Å². The molecule has 0 saturated carbocycles. The fourth-order valence-corrected chi connectivity index (χ4v) is 1.74. The summed E-state index contributed by atoms with van der Waals surface area (Å²) in [6.45, 7) is 5.44. The predicted molar refractivity (Wildman–Crippen MR) is 55.0 cm³/mol. The molecule has 15 heavy (non-hydrogen) atoms. The van der Waals surface area contributed by atoms with Gasteiger partial charge >= 0.3 is 0 Å². The number of nitrogens with zero attached hydrogens (tertiary/aromatic N) is 1. The smallest absolute Gasteiger partial charge is 0.235 e. The number of carbonyl (C=O) groups excluding carboxylic acids is 3. The Balaban J connectivity index is 2.52. The lowest BCUT2D eigenvalue weighted by Gasteiger charge is -2.17. The zero-order chi connectivity index (χ0) is 11.6. The van der Waals surface area contributed by atoms with Crippen LogP contribution in [0.25, 0.3) is 0 Å². The summed E-state index contributed by atoms with van der Waals surface area (Å²) in [5.74, 6) is -0.141. The fourth-order valence-electron chi connectivity index (χ4n) is 1.74. The average molecular weight is 211 g/mol. The summed E-state index contributed by atoms with van der Waals surface area (Å²) in [6, 6.07) is 0. The van der Waals surface area contributed by atoms with Gasteiger partial charge in [0.25, 0.3) is 0 Å². The van der Waals surface area contributed by atoms with Gasteiger partial charge in [0.15, 0.2) is 0 Å². The van der Waals surface area contributed by atoms with E-state index in [1.54, 1.807) is 13.8 Å². The van der Waals surface area contributed by atoms with Gasteiger partial charge < -0.3 is 4.79 Å². The fraction of sp³-hybridized carbons (Fsp3) is 0.727. The Kier molecular flexibility index (Phi) is 3.27. The SMILES string of the molecule is CC(=O)CCCN1C(=O)CC(C)(C)C1=O. The highest BCUT2D eigenvalue weighted by Gasteiger charge is 2.44. The number of imide groups is 1. The summed E-state index contributed by atoms with van der Waals surface area (Å²) in [6.07, 6.45) is 1.28. The van der Waals surface area contributed by atoms with Crippen LogP contribution in [0.3, 0.4) is 0 Å². The second-order valence-corrected chi connectivity index (χ2v) is 4.72. The van der Waals surface area contributed by atoms with E-state index in [1.165, 1.54) is 11.8 Å². The molecule has 1 aliphatic heterocycles. The molecule has 0 aromatic heterocycles. The molecular formula is C11H17NO3. The van der Waals surface area contributed by atoms with E-state index in [9.17, 15) is 14.4 Å². The highest BCUT2D eigenvalue weighted by Crippen LogP contribution is 2.31. The van der Waals surface area contributed by atoms with Crippen LogP contribution in [0.5, 0.6) is 0 Å². The minimum absolute atomic E-state index is 0.0911. The summed E-state index contributed by atoms with van der Waals surface area (Å²) in [5, 5.41) is 0. The minimum Gasteiger partial charge on any atom is -0.300 e. The van der Waals surface area contributed by atoms with Gasteiger partial charge in [-0.2, -0.15) is 0 Å². The standard InChI is InChI=1S/C11H17NO3/c1-8(13)5-4-6-12-9(14)7-11(2,3)10(12)15/h4-7H2,1-3H3.